The Bertz CT molecular complexity index is 537. The molecule has 0 fully saturated rings. The van der Waals surface area contributed by atoms with E-state index >= 15 is 0 Å². The molecule has 0 spiro atoms. The number of para-hydroxylation sites is 2. The van der Waals surface area contributed by atoms with Crippen LogP contribution in [0.25, 0.3) is 4.85 Å². The Morgan fingerprint density at radius 2 is 1.47 bits per heavy atom. The minimum atomic E-state index is 0.342. The first-order valence-corrected chi connectivity index (χ1v) is 7.12. The number of anilines is 2. The summed E-state index contributed by atoms with van der Waals surface area (Å²) < 4.78 is 0.688. The van der Waals surface area contributed by atoms with E-state index in [1.807, 2.05) is 65.6 Å². The zero-order chi connectivity index (χ0) is 13.5. The van der Waals surface area contributed by atoms with Crippen LogP contribution in [-0.4, -0.2) is 10.2 Å². The summed E-state index contributed by atoms with van der Waals surface area (Å²) in [7, 11) is 0. The minimum absolute atomic E-state index is 0.342. The quantitative estimate of drug-likeness (QED) is 0.595. The highest BCUT2D eigenvalue weighted by Crippen LogP contribution is 2.28. The summed E-state index contributed by atoms with van der Waals surface area (Å²) in [5.74, 6) is 0.342. The van der Waals surface area contributed by atoms with Crippen LogP contribution in [0.2, 0.25) is 0 Å². The van der Waals surface area contributed by atoms with Crippen LogP contribution in [0.15, 0.2) is 60.7 Å². The Balaban J connectivity index is 2.35. The molecule has 2 nitrogen and oxygen atoms in total. The van der Waals surface area contributed by atoms with Gasteiger partial charge in [-0.25, -0.2) is 6.57 Å². The van der Waals surface area contributed by atoms with E-state index in [1.54, 1.807) is 0 Å². The van der Waals surface area contributed by atoms with Crippen LogP contribution in [0.1, 0.15) is 0 Å². The monoisotopic (exact) mass is 284 g/mol. The number of thioether (sulfide) groups is 1. The van der Waals surface area contributed by atoms with Crippen LogP contribution in [0.5, 0.6) is 0 Å². The number of hydrogen-bond donors (Lipinski definition) is 0. The second-order valence-corrected chi connectivity index (χ2v) is 5.28. The summed E-state index contributed by atoms with van der Waals surface area (Å²) in [4.78, 5) is 5.34. The van der Waals surface area contributed by atoms with Gasteiger partial charge in [-0.05, 0) is 36.0 Å². The third-order valence-electron chi connectivity index (χ3n) is 2.46. The van der Waals surface area contributed by atoms with E-state index in [0.717, 1.165) is 11.4 Å². The Morgan fingerprint density at radius 1 is 1.00 bits per heavy atom. The lowest BCUT2D eigenvalue weighted by molar-refractivity contribution is 1.39. The molecule has 0 unspecified atom stereocenters. The third-order valence-corrected chi connectivity index (χ3v) is 3.69. The smallest absolute Gasteiger partial charge is 0.266 e. The highest BCUT2D eigenvalue weighted by Gasteiger charge is 2.15. The van der Waals surface area contributed by atoms with Crippen LogP contribution in [-0.2, 0) is 0 Å². The van der Waals surface area contributed by atoms with Crippen molar-refractivity contribution in [2.24, 2.45) is 0 Å². The highest BCUT2D eigenvalue weighted by molar-refractivity contribution is 8.23. The normalized spacial score (nSPS) is 9.63. The lowest BCUT2D eigenvalue weighted by atomic mass is 10.2. The molecular formula is C15H12N2S2. The van der Waals surface area contributed by atoms with Crippen molar-refractivity contribution in [2.45, 2.75) is 0 Å². The molecule has 0 aliphatic carbocycles. The van der Waals surface area contributed by atoms with Crippen molar-refractivity contribution < 1.29 is 0 Å². The summed E-state index contributed by atoms with van der Waals surface area (Å²) in [5, 5.41) is 0. The maximum Gasteiger partial charge on any atom is 0.266 e. The predicted molar refractivity (Wildman–Crippen MR) is 86.7 cm³/mol. The van der Waals surface area contributed by atoms with E-state index in [2.05, 4.69) is 4.85 Å². The van der Waals surface area contributed by atoms with Crippen molar-refractivity contribution in [2.75, 3.05) is 10.8 Å². The molecule has 4 heteroatoms. The van der Waals surface area contributed by atoms with E-state index in [0.29, 0.717) is 10.2 Å². The van der Waals surface area contributed by atoms with E-state index in [4.69, 9.17) is 18.8 Å². The van der Waals surface area contributed by atoms with Crippen molar-refractivity contribution in [3.05, 3.63) is 72.1 Å². The zero-order valence-electron chi connectivity index (χ0n) is 10.2. The topological polar surface area (TPSA) is 7.60 Å². The fourth-order valence-electron chi connectivity index (χ4n) is 1.67. The van der Waals surface area contributed by atoms with Gasteiger partial charge in [-0.15, -0.1) is 0 Å². The molecule has 0 amide bonds. The van der Waals surface area contributed by atoms with Crippen LogP contribution in [0, 0.1) is 6.57 Å². The van der Waals surface area contributed by atoms with Crippen LogP contribution < -0.4 is 4.90 Å². The third kappa shape index (κ3) is 3.57. The van der Waals surface area contributed by atoms with Gasteiger partial charge in [-0.1, -0.05) is 48.6 Å². The fourth-order valence-corrected chi connectivity index (χ4v) is 2.55. The van der Waals surface area contributed by atoms with Gasteiger partial charge in [0.05, 0.1) is 0 Å². The first kappa shape index (κ1) is 13.6. The SMILES string of the molecule is [C-]#[N+]CSC(=S)N(c1ccccc1)c1ccccc1. The molecular weight excluding hydrogens is 272 g/mol. The number of nitrogens with zero attached hydrogens (tertiary/aromatic N) is 2. The average Bonchev–Trinajstić information content (AvgIpc) is 2.47. The molecule has 0 atom stereocenters. The second-order valence-electron chi connectivity index (χ2n) is 3.70. The summed E-state index contributed by atoms with van der Waals surface area (Å²) in [6, 6.07) is 19.9. The first-order chi connectivity index (χ1) is 9.33. The lowest BCUT2D eigenvalue weighted by Gasteiger charge is -2.24. The molecule has 2 aromatic carbocycles. The van der Waals surface area contributed by atoms with Crippen molar-refractivity contribution >= 4 is 39.7 Å². The molecule has 0 bridgehead atoms. The van der Waals surface area contributed by atoms with Crippen molar-refractivity contribution in [1.82, 2.24) is 0 Å². The van der Waals surface area contributed by atoms with Crippen molar-refractivity contribution in [1.29, 1.82) is 0 Å². The van der Waals surface area contributed by atoms with Gasteiger partial charge in [0.1, 0.15) is 0 Å². The van der Waals surface area contributed by atoms with Gasteiger partial charge >= 0.3 is 0 Å². The first-order valence-electron chi connectivity index (χ1n) is 5.73. The molecule has 0 aliphatic rings. The molecule has 2 aromatic rings. The van der Waals surface area contributed by atoms with E-state index in [9.17, 15) is 0 Å². The van der Waals surface area contributed by atoms with Crippen molar-refractivity contribution in [3.8, 4) is 0 Å². The lowest BCUT2D eigenvalue weighted by Crippen LogP contribution is -2.21. The van der Waals surface area contributed by atoms with Crippen LogP contribution >= 0.6 is 24.0 Å². The Hall–Kier alpha value is -1.83. The fraction of sp³-hybridized carbons (Fsp3) is 0.0667. The zero-order valence-corrected chi connectivity index (χ0v) is 11.8. The number of thiocarbonyl (C=S) groups is 1. The van der Waals surface area contributed by atoms with Gasteiger partial charge in [0, 0.05) is 11.4 Å². The number of benzene rings is 2. The molecule has 0 radical (unpaired) electrons. The maximum absolute atomic E-state index is 6.87. The highest BCUT2D eigenvalue weighted by atomic mass is 32.2. The van der Waals surface area contributed by atoms with E-state index in [1.165, 1.54) is 11.8 Å². The molecule has 19 heavy (non-hydrogen) atoms. The van der Waals surface area contributed by atoms with Gasteiger partial charge in [0.15, 0.2) is 4.32 Å². The van der Waals surface area contributed by atoms with Gasteiger partial charge < -0.3 is 4.85 Å². The maximum atomic E-state index is 6.87. The Labute approximate surface area is 122 Å². The van der Waals surface area contributed by atoms with Gasteiger partial charge in [-0.3, -0.25) is 4.90 Å². The Kier molecular flexibility index (Phi) is 4.96. The summed E-state index contributed by atoms with van der Waals surface area (Å²) in [6.45, 7) is 6.87. The van der Waals surface area contributed by atoms with Gasteiger partial charge in [0.25, 0.3) is 5.88 Å². The molecule has 0 saturated heterocycles. The molecule has 2 rings (SSSR count). The second kappa shape index (κ2) is 6.93. The molecule has 0 heterocycles. The summed E-state index contributed by atoms with van der Waals surface area (Å²) >= 11 is 6.83. The Morgan fingerprint density at radius 3 is 1.89 bits per heavy atom. The largest absolute Gasteiger partial charge is 0.305 e. The molecule has 0 N–H and O–H groups in total. The van der Waals surface area contributed by atoms with Gasteiger partial charge in [-0.2, -0.15) is 0 Å². The summed E-state index contributed by atoms with van der Waals surface area (Å²) in [5.41, 5.74) is 2.02. The minimum Gasteiger partial charge on any atom is -0.305 e. The molecule has 0 saturated carbocycles. The number of hydrogen-bond acceptors (Lipinski definition) is 2. The predicted octanol–water partition coefficient (Wildman–Crippen LogP) is 4.72. The molecule has 0 aliphatic heterocycles. The standard InChI is InChI=1S/C15H12N2S2/c1-16-12-19-15(18)17(13-8-4-2-5-9-13)14-10-6-3-7-11-14/h2-11H,12H2. The van der Waals surface area contributed by atoms with Crippen LogP contribution in [0.4, 0.5) is 11.4 Å². The number of rotatable bonds is 3. The van der Waals surface area contributed by atoms with E-state index < -0.39 is 0 Å². The molecule has 0 aromatic heterocycles. The van der Waals surface area contributed by atoms with Crippen molar-refractivity contribution in [3.63, 3.8) is 0 Å². The average molecular weight is 284 g/mol. The van der Waals surface area contributed by atoms with Gasteiger partial charge in [0.2, 0.25) is 0 Å². The molecule has 94 valence electrons. The van der Waals surface area contributed by atoms with E-state index in [-0.39, 0.29) is 0 Å². The summed E-state index contributed by atoms with van der Waals surface area (Å²) in [6.07, 6.45) is 0. The van der Waals surface area contributed by atoms with Crippen LogP contribution in [0.3, 0.4) is 0 Å².